The number of aromatic amines is 2. The fourth-order valence-corrected chi connectivity index (χ4v) is 8.27. The molecule has 4 heterocycles. The lowest BCUT2D eigenvalue weighted by atomic mass is 9.98. The molecule has 2 saturated heterocycles. The highest BCUT2D eigenvalue weighted by molar-refractivity contribution is 6.22. The van der Waals surface area contributed by atoms with Crippen LogP contribution in [0.15, 0.2) is 60.8 Å². The van der Waals surface area contributed by atoms with Gasteiger partial charge in [-0.25, -0.2) is 9.97 Å². The summed E-state index contributed by atoms with van der Waals surface area (Å²) in [6.45, 7) is 1.09. The number of H-pyrrole nitrogens is 2. The van der Waals surface area contributed by atoms with E-state index in [-0.39, 0.29) is 5.78 Å². The number of carbonyl (C=O) groups excluding carboxylic acids is 1. The van der Waals surface area contributed by atoms with Gasteiger partial charge in [-0.3, -0.25) is 4.79 Å². The second-order valence-corrected chi connectivity index (χ2v) is 13.4. The van der Waals surface area contributed by atoms with Crippen molar-refractivity contribution in [3.8, 4) is 33.5 Å². The summed E-state index contributed by atoms with van der Waals surface area (Å²) in [6.07, 6.45) is 9.57. The minimum atomic E-state index is 0.0869. The largest absolute Gasteiger partial charge is 0.341 e. The number of nitrogens with zero attached hydrogens (tertiary/aromatic N) is 2. The first-order valence-corrected chi connectivity index (χ1v) is 15.5. The maximum atomic E-state index is 13.7. The molecule has 4 N–H and O–H groups in total. The van der Waals surface area contributed by atoms with Crippen molar-refractivity contribution in [2.75, 3.05) is 6.54 Å². The van der Waals surface area contributed by atoms with Gasteiger partial charge in [0.2, 0.25) is 0 Å². The molecule has 1 unspecified atom stereocenters. The molecule has 0 amide bonds. The number of benzene rings is 3. The van der Waals surface area contributed by atoms with Gasteiger partial charge in [0.1, 0.15) is 11.6 Å². The average Bonchev–Trinajstić information content (AvgIpc) is 3.69. The Balaban J connectivity index is 0.937. The number of fused-ring (bicyclic) bond motifs is 6. The normalized spacial score (nSPS) is 26.4. The fourth-order valence-electron chi connectivity index (χ4n) is 8.27. The van der Waals surface area contributed by atoms with Crippen LogP contribution in [0.1, 0.15) is 78.2 Å². The number of rotatable bonds is 4. The van der Waals surface area contributed by atoms with Gasteiger partial charge in [0.15, 0.2) is 5.78 Å². The molecule has 5 aromatic rings. The highest BCUT2D eigenvalue weighted by atomic mass is 16.1. The van der Waals surface area contributed by atoms with Gasteiger partial charge in [0.05, 0.1) is 35.0 Å². The summed E-state index contributed by atoms with van der Waals surface area (Å²) < 4.78 is 0. The van der Waals surface area contributed by atoms with Gasteiger partial charge in [-0.15, -0.1) is 0 Å². The van der Waals surface area contributed by atoms with E-state index in [4.69, 9.17) is 9.97 Å². The van der Waals surface area contributed by atoms with Crippen LogP contribution in [0.5, 0.6) is 0 Å². The summed E-state index contributed by atoms with van der Waals surface area (Å²) in [5.74, 6) is 2.83. The number of piperidine rings is 1. The molecule has 5 aliphatic rings. The Morgan fingerprint density at radius 2 is 1.60 bits per heavy atom. The van der Waals surface area contributed by atoms with Crippen LogP contribution in [-0.4, -0.2) is 38.3 Å². The third kappa shape index (κ3) is 3.44. The van der Waals surface area contributed by atoms with Crippen LogP contribution in [0.2, 0.25) is 0 Å². The van der Waals surface area contributed by atoms with E-state index < -0.39 is 0 Å². The molecular weight excluding hydrogens is 520 g/mol. The van der Waals surface area contributed by atoms with Gasteiger partial charge in [0.25, 0.3) is 0 Å². The molecule has 4 fully saturated rings. The molecule has 2 saturated carbocycles. The molecule has 7 heteroatoms. The second-order valence-electron chi connectivity index (χ2n) is 13.4. The predicted molar refractivity (Wildman–Crippen MR) is 162 cm³/mol. The van der Waals surface area contributed by atoms with Crippen LogP contribution in [0, 0.1) is 11.3 Å². The number of hydrogen-bond acceptors (Lipinski definition) is 5. The van der Waals surface area contributed by atoms with Gasteiger partial charge in [-0.05, 0) is 96.4 Å². The van der Waals surface area contributed by atoms with E-state index in [9.17, 15) is 4.79 Å². The number of nitrogens with one attached hydrogen (secondary N) is 4. The molecular formula is C35H32N6O. The van der Waals surface area contributed by atoms with E-state index in [1.807, 2.05) is 12.3 Å². The highest BCUT2D eigenvalue weighted by Crippen LogP contribution is 2.54. The molecule has 3 aromatic carbocycles. The monoisotopic (exact) mass is 552 g/mol. The summed E-state index contributed by atoms with van der Waals surface area (Å²) in [5, 5.41) is 7.39. The zero-order valence-corrected chi connectivity index (χ0v) is 23.3. The van der Waals surface area contributed by atoms with Gasteiger partial charge in [-0.2, -0.15) is 0 Å². The molecule has 0 radical (unpaired) electrons. The van der Waals surface area contributed by atoms with Crippen molar-refractivity contribution in [1.82, 2.24) is 30.6 Å². The Hall–Kier alpha value is -4.07. The molecule has 208 valence electrons. The Kier molecular flexibility index (Phi) is 4.62. The van der Waals surface area contributed by atoms with E-state index in [0.29, 0.717) is 29.5 Å². The van der Waals surface area contributed by atoms with Crippen molar-refractivity contribution in [3.63, 3.8) is 0 Å². The van der Waals surface area contributed by atoms with Crippen LogP contribution < -0.4 is 10.6 Å². The Morgan fingerprint density at radius 1 is 0.810 bits per heavy atom. The molecule has 1 spiro atoms. The molecule has 10 rings (SSSR count). The maximum Gasteiger partial charge on any atom is 0.194 e. The first kappa shape index (κ1) is 23.5. The van der Waals surface area contributed by atoms with Crippen LogP contribution in [0.3, 0.4) is 0 Å². The first-order valence-electron chi connectivity index (χ1n) is 15.5. The standard InChI is InChI=1S/C35H32N6O/c42-32-25-12-18(19-4-8-27-28(14-19)40-34(39-27)31-21-1-5-22(11-21)38-31)2-6-23(25)24-7-3-20(13-26(24)32)30-16-36-33(41-30)29-15-35(9-10-35)17-37-29/h2-4,6-8,12-14,16,21-22,29,31,37-38H,1,5,9-11,15,17H2,(H,36,41)(H,39,40)/t21-,22+,29?,31-/m0/s1. The molecule has 4 atom stereocenters. The Bertz CT molecular complexity index is 1950. The molecule has 2 aliphatic heterocycles. The quantitative estimate of drug-likeness (QED) is 0.201. The van der Waals surface area contributed by atoms with Crippen molar-refractivity contribution >= 4 is 16.8 Å². The number of carbonyl (C=O) groups is 1. The summed E-state index contributed by atoms with van der Waals surface area (Å²) in [5.41, 5.74) is 10.2. The minimum Gasteiger partial charge on any atom is -0.341 e. The molecule has 3 aliphatic carbocycles. The van der Waals surface area contributed by atoms with Crippen molar-refractivity contribution < 1.29 is 4.79 Å². The number of imidazole rings is 2. The van der Waals surface area contributed by atoms with Crippen molar-refractivity contribution in [1.29, 1.82) is 0 Å². The third-order valence-electron chi connectivity index (χ3n) is 10.9. The number of ketones is 1. The summed E-state index contributed by atoms with van der Waals surface area (Å²) in [6, 6.07) is 20.2. The van der Waals surface area contributed by atoms with E-state index in [1.54, 1.807) is 0 Å². The molecule has 2 aromatic heterocycles. The van der Waals surface area contributed by atoms with E-state index >= 15 is 0 Å². The summed E-state index contributed by atoms with van der Waals surface area (Å²) in [4.78, 5) is 30.5. The van der Waals surface area contributed by atoms with Gasteiger partial charge in [0, 0.05) is 29.3 Å². The van der Waals surface area contributed by atoms with Crippen molar-refractivity contribution in [3.05, 3.63) is 83.6 Å². The second kappa shape index (κ2) is 8.27. The van der Waals surface area contributed by atoms with Crippen LogP contribution in [0.4, 0.5) is 0 Å². The van der Waals surface area contributed by atoms with Gasteiger partial charge >= 0.3 is 0 Å². The number of aromatic nitrogens is 4. The van der Waals surface area contributed by atoms with E-state index in [1.165, 1.54) is 32.1 Å². The predicted octanol–water partition coefficient (Wildman–Crippen LogP) is 6.46. The SMILES string of the molecule is O=C1c2cc(-c3ccc4nc([C@H]5N[C@@H]6CC[C@H]5C6)[nH]c4c3)ccc2-c2ccc(-c3cnc(C4CC5(CC5)CN4)[nH]3)cc21. The summed E-state index contributed by atoms with van der Waals surface area (Å²) in [7, 11) is 0. The maximum absolute atomic E-state index is 13.7. The van der Waals surface area contributed by atoms with E-state index in [2.05, 4.69) is 69.1 Å². The smallest absolute Gasteiger partial charge is 0.194 e. The topological polar surface area (TPSA) is 98.5 Å². The molecule has 2 bridgehead atoms. The minimum absolute atomic E-state index is 0.0869. The molecule has 42 heavy (non-hydrogen) atoms. The van der Waals surface area contributed by atoms with Crippen molar-refractivity contribution in [2.24, 2.45) is 11.3 Å². The number of hydrogen-bond donors (Lipinski definition) is 4. The van der Waals surface area contributed by atoms with Crippen LogP contribution >= 0.6 is 0 Å². The van der Waals surface area contributed by atoms with Crippen molar-refractivity contribution in [2.45, 2.75) is 56.7 Å². The lowest BCUT2D eigenvalue weighted by Crippen LogP contribution is -2.29. The Labute approximate surface area is 243 Å². The van der Waals surface area contributed by atoms with E-state index in [0.717, 1.165) is 80.3 Å². The first-order chi connectivity index (χ1) is 20.6. The average molecular weight is 553 g/mol. The third-order valence-corrected chi connectivity index (χ3v) is 10.9. The highest BCUT2D eigenvalue weighted by Gasteiger charge is 2.49. The lowest BCUT2D eigenvalue weighted by Gasteiger charge is -2.20. The zero-order chi connectivity index (χ0) is 27.6. The van der Waals surface area contributed by atoms with Gasteiger partial charge in [-0.1, -0.05) is 30.3 Å². The lowest BCUT2D eigenvalue weighted by molar-refractivity contribution is 0.104. The fraction of sp³-hybridized carbons (Fsp3) is 0.343. The molecule has 7 nitrogen and oxygen atoms in total. The van der Waals surface area contributed by atoms with Crippen LogP contribution in [0.25, 0.3) is 44.5 Å². The van der Waals surface area contributed by atoms with Gasteiger partial charge < -0.3 is 20.6 Å². The zero-order valence-electron chi connectivity index (χ0n) is 23.3. The summed E-state index contributed by atoms with van der Waals surface area (Å²) >= 11 is 0. The Morgan fingerprint density at radius 3 is 2.36 bits per heavy atom. The van der Waals surface area contributed by atoms with Crippen LogP contribution in [-0.2, 0) is 0 Å².